The topological polar surface area (TPSA) is 41.1 Å². The maximum absolute atomic E-state index is 12.9. The van der Waals surface area contributed by atoms with E-state index in [0.29, 0.717) is 12.2 Å². The van der Waals surface area contributed by atoms with E-state index in [1.807, 2.05) is 0 Å². The summed E-state index contributed by atoms with van der Waals surface area (Å²) in [6.07, 6.45) is 6.25. The highest BCUT2D eigenvalue weighted by molar-refractivity contribution is 5.89. The zero-order valence-electron chi connectivity index (χ0n) is 10.4. The van der Waals surface area contributed by atoms with E-state index in [1.54, 1.807) is 12.1 Å². The molecule has 1 saturated carbocycles. The minimum absolute atomic E-state index is 0.265. The molecule has 0 unspecified atom stereocenters. The molecule has 1 aromatic carbocycles. The molecule has 4 heteroatoms. The zero-order chi connectivity index (χ0) is 12.8. The summed E-state index contributed by atoms with van der Waals surface area (Å²) < 4.78 is 12.9. The largest absolute Gasteiger partial charge is 0.338 e. The van der Waals surface area contributed by atoms with Gasteiger partial charge in [-0.25, -0.2) is 9.18 Å². The van der Waals surface area contributed by atoms with Crippen molar-refractivity contribution >= 4 is 11.7 Å². The van der Waals surface area contributed by atoms with Crippen LogP contribution in [0, 0.1) is 11.7 Å². The van der Waals surface area contributed by atoms with Crippen LogP contribution in [0.3, 0.4) is 0 Å². The van der Waals surface area contributed by atoms with Gasteiger partial charge in [0.1, 0.15) is 5.82 Å². The van der Waals surface area contributed by atoms with E-state index in [1.165, 1.54) is 37.8 Å². The van der Waals surface area contributed by atoms with Gasteiger partial charge in [0.2, 0.25) is 0 Å². The van der Waals surface area contributed by atoms with Crippen molar-refractivity contribution in [3.05, 3.63) is 30.1 Å². The van der Waals surface area contributed by atoms with Crippen molar-refractivity contribution in [1.82, 2.24) is 5.32 Å². The molecule has 98 valence electrons. The van der Waals surface area contributed by atoms with Crippen LogP contribution in [0.4, 0.5) is 14.9 Å². The van der Waals surface area contributed by atoms with Gasteiger partial charge in [0.15, 0.2) is 0 Å². The monoisotopic (exact) mass is 250 g/mol. The van der Waals surface area contributed by atoms with Crippen molar-refractivity contribution in [2.45, 2.75) is 32.1 Å². The normalized spacial score (nSPS) is 15.6. The molecule has 2 amide bonds. The van der Waals surface area contributed by atoms with Crippen molar-refractivity contribution in [3.8, 4) is 0 Å². The van der Waals surface area contributed by atoms with Crippen molar-refractivity contribution in [2.24, 2.45) is 5.92 Å². The lowest BCUT2D eigenvalue weighted by Gasteiger charge is -2.10. The van der Waals surface area contributed by atoms with Crippen LogP contribution in [0.5, 0.6) is 0 Å². The molecule has 1 fully saturated rings. The smallest absolute Gasteiger partial charge is 0.319 e. The summed E-state index contributed by atoms with van der Waals surface area (Å²) in [4.78, 5) is 11.6. The van der Waals surface area contributed by atoms with Crippen molar-refractivity contribution in [3.63, 3.8) is 0 Å². The third-order valence-corrected chi connectivity index (χ3v) is 3.40. The van der Waals surface area contributed by atoms with E-state index >= 15 is 0 Å². The Kier molecular flexibility index (Phi) is 4.56. The minimum Gasteiger partial charge on any atom is -0.338 e. The number of carbonyl (C=O) groups excluding carboxylic acids is 1. The number of rotatable bonds is 4. The molecule has 0 saturated heterocycles. The standard InChI is InChI=1S/C14H19FN2O/c15-12-6-3-7-13(10-12)17-14(18)16-9-8-11-4-1-2-5-11/h3,6-7,10-11H,1-2,4-5,8-9H2,(H2,16,17,18). The second kappa shape index (κ2) is 6.38. The molecule has 2 rings (SSSR count). The molecule has 3 nitrogen and oxygen atoms in total. The van der Waals surface area contributed by atoms with E-state index in [4.69, 9.17) is 0 Å². The predicted octanol–water partition coefficient (Wildman–Crippen LogP) is 3.53. The summed E-state index contributed by atoms with van der Waals surface area (Å²) in [5, 5.41) is 5.42. The highest BCUT2D eigenvalue weighted by Crippen LogP contribution is 2.26. The summed E-state index contributed by atoms with van der Waals surface area (Å²) in [5.74, 6) is 0.415. The second-order valence-corrected chi connectivity index (χ2v) is 4.83. The van der Waals surface area contributed by atoms with Crippen LogP contribution < -0.4 is 10.6 Å². The highest BCUT2D eigenvalue weighted by atomic mass is 19.1. The van der Waals surface area contributed by atoms with Crippen molar-refractivity contribution in [2.75, 3.05) is 11.9 Å². The molecule has 1 aromatic rings. The Bertz CT molecular complexity index is 403. The van der Waals surface area contributed by atoms with E-state index in [2.05, 4.69) is 10.6 Å². The van der Waals surface area contributed by atoms with Gasteiger partial charge in [-0.2, -0.15) is 0 Å². The Morgan fingerprint density at radius 3 is 2.83 bits per heavy atom. The predicted molar refractivity (Wildman–Crippen MR) is 70.0 cm³/mol. The molecule has 0 heterocycles. The Morgan fingerprint density at radius 1 is 1.33 bits per heavy atom. The number of urea groups is 1. The second-order valence-electron chi connectivity index (χ2n) is 4.83. The fraction of sp³-hybridized carbons (Fsp3) is 0.500. The SMILES string of the molecule is O=C(NCCC1CCCC1)Nc1cccc(F)c1. The lowest BCUT2D eigenvalue weighted by Crippen LogP contribution is -2.30. The first-order chi connectivity index (χ1) is 8.74. The Labute approximate surface area is 107 Å². The minimum atomic E-state index is -0.348. The average Bonchev–Trinajstić information content (AvgIpc) is 2.82. The number of hydrogen-bond acceptors (Lipinski definition) is 1. The number of benzene rings is 1. The van der Waals surface area contributed by atoms with Gasteiger partial charge in [-0.15, -0.1) is 0 Å². The third-order valence-electron chi connectivity index (χ3n) is 3.40. The van der Waals surface area contributed by atoms with Gasteiger partial charge in [-0.3, -0.25) is 0 Å². The van der Waals surface area contributed by atoms with Crippen LogP contribution in [0.2, 0.25) is 0 Å². The van der Waals surface area contributed by atoms with Crippen molar-refractivity contribution < 1.29 is 9.18 Å². The number of hydrogen-bond donors (Lipinski definition) is 2. The summed E-state index contributed by atoms with van der Waals surface area (Å²) in [7, 11) is 0. The maximum atomic E-state index is 12.9. The fourth-order valence-electron chi connectivity index (χ4n) is 2.43. The molecule has 1 aliphatic carbocycles. The molecule has 0 atom stereocenters. The van der Waals surface area contributed by atoms with Gasteiger partial charge in [0.25, 0.3) is 0 Å². The van der Waals surface area contributed by atoms with Gasteiger partial charge < -0.3 is 10.6 Å². The van der Waals surface area contributed by atoms with Gasteiger partial charge in [0, 0.05) is 12.2 Å². The lowest BCUT2D eigenvalue weighted by atomic mass is 10.0. The quantitative estimate of drug-likeness (QED) is 0.843. The number of amides is 2. The first-order valence-electron chi connectivity index (χ1n) is 6.54. The van der Waals surface area contributed by atoms with Crippen LogP contribution in [0.1, 0.15) is 32.1 Å². The van der Waals surface area contributed by atoms with Gasteiger partial charge in [0.05, 0.1) is 0 Å². The van der Waals surface area contributed by atoms with Crippen LogP contribution in [-0.4, -0.2) is 12.6 Å². The molecule has 0 bridgehead atoms. The van der Waals surface area contributed by atoms with Crippen LogP contribution in [0.25, 0.3) is 0 Å². The molecule has 0 aromatic heterocycles. The van der Waals surface area contributed by atoms with E-state index in [-0.39, 0.29) is 11.8 Å². The maximum Gasteiger partial charge on any atom is 0.319 e. The Hall–Kier alpha value is -1.58. The van der Waals surface area contributed by atoms with Gasteiger partial charge in [-0.05, 0) is 30.5 Å². The van der Waals surface area contributed by atoms with E-state index < -0.39 is 0 Å². The Balaban J connectivity index is 1.68. The van der Waals surface area contributed by atoms with Crippen LogP contribution in [0.15, 0.2) is 24.3 Å². The summed E-state index contributed by atoms with van der Waals surface area (Å²) in [6, 6.07) is 5.63. The summed E-state index contributed by atoms with van der Waals surface area (Å²) in [5.41, 5.74) is 0.480. The molecular formula is C14H19FN2O. The molecule has 18 heavy (non-hydrogen) atoms. The van der Waals surface area contributed by atoms with Crippen LogP contribution in [-0.2, 0) is 0 Å². The van der Waals surface area contributed by atoms with Gasteiger partial charge >= 0.3 is 6.03 Å². The van der Waals surface area contributed by atoms with Gasteiger partial charge in [-0.1, -0.05) is 31.7 Å². The first-order valence-corrected chi connectivity index (χ1v) is 6.54. The third kappa shape index (κ3) is 4.02. The zero-order valence-corrected chi connectivity index (χ0v) is 10.4. The highest BCUT2D eigenvalue weighted by Gasteiger charge is 2.14. The number of halogens is 1. The van der Waals surface area contributed by atoms with E-state index in [0.717, 1.165) is 12.3 Å². The molecule has 0 spiro atoms. The first kappa shape index (κ1) is 12.9. The number of nitrogens with one attached hydrogen (secondary N) is 2. The summed E-state index contributed by atoms with van der Waals surface area (Å²) in [6.45, 7) is 0.686. The molecule has 0 aliphatic heterocycles. The van der Waals surface area contributed by atoms with Crippen molar-refractivity contribution in [1.29, 1.82) is 0 Å². The summed E-state index contributed by atoms with van der Waals surface area (Å²) >= 11 is 0. The fourth-order valence-corrected chi connectivity index (χ4v) is 2.43. The molecule has 2 N–H and O–H groups in total. The molecular weight excluding hydrogens is 231 g/mol. The average molecular weight is 250 g/mol. The number of carbonyl (C=O) groups is 1. The number of anilines is 1. The molecule has 1 aliphatic rings. The van der Waals surface area contributed by atoms with Crippen LogP contribution >= 0.6 is 0 Å². The molecule has 0 radical (unpaired) electrons. The van der Waals surface area contributed by atoms with E-state index in [9.17, 15) is 9.18 Å². The lowest BCUT2D eigenvalue weighted by molar-refractivity contribution is 0.251. The Morgan fingerprint density at radius 2 is 2.11 bits per heavy atom.